The van der Waals surface area contributed by atoms with Crippen molar-refractivity contribution >= 4 is 16.8 Å². The highest BCUT2D eigenvalue weighted by Gasteiger charge is 2.27. The second-order valence-corrected chi connectivity index (χ2v) is 6.21. The predicted octanol–water partition coefficient (Wildman–Crippen LogP) is 2.68. The zero-order chi connectivity index (χ0) is 15.7. The molecule has 1 amide bonds. The van der Waals surface area contributed by atoms with Crippen molar-refractivity contribution in [1.29, 1.82) is 0 Å². The third-order valence-electron chi connectivity index (χ3n) is 4.17. The number of benzene rings is 1. The number of rotatable bonds is 5. The third-order valence-corrected chi connectivity index (χ3v) is 4.17. The van der Waals surface area contributed by atoms with Crippen LogP contribution in [-0.4, -0.2) is 31.0 Å². The van der Waals surface area contributed by atoms with E-state index in [0.29, 0.717) is 12.5 Å². The van der Waals surface area contributed by atoms with Crippen LogP contribution in [0.3, 0.4) is 0 Å². The van der Waals surface area contributed by atoms with Crippen molar-refractivity contribution in [3.05, 3.63) is 40.6 Å². The molecule has 2 aromatic rings. The molecule has 1 aromatic heterocycles. The Morgan fingerprint density at radius 1 is 1.23 bits per heavy atom. The highest BCUT2D eigenvalue weighted by molar-refractivity contribution is 6.07. The molecule has 0 saturated heterocycles. The van der Waals surface area contributed by atoms with Crippen molar-refractivity contribution in [2.24, 2.45) is 0 Å². The molecule has 22 heavy (non-hydrogen) atoms. The van der Waals surface area contributed by atoms with Gasteiger partial charge in [0.05, 0.1) is 11.1 Å². The van der Waals surface area contributed by atoms with Crippen molar-refractivity contribution < 1.29 is 4.79 Å². The molecular weight excluding hydrogens is 274 g/mol. The zero-order valence-electron chi connectivity index (χ0n) is 13.5. The van der Waals surface area contributed by atoms with Gasteiger partial charge in [-0.05, 0) is 51.4 Å². The largest absolute Gasteiger partial charge is 0.351 e. The highest BCUT2D eigenvalue weighted by atomic mass is 16.1. The van der Waals surface area contributed by atoms with Crippen LogP contribution in [0.4, 0.5) is 0 Å². The van der Waals surface area contributed by atoms with Gasteiger partial charge in [0, 0.05) is 30.1 Å². The number of aryl methyl sites for hydroxylation is 2. The molecule has 1 aromatic carbocycles. The van der Waals surface area contributed by atoms with Gasteiger partial charge in [0.1, 0.15) is 0 Å². The summed E-state index contributed by atoms with van der Waals surface area (Å²) in [6, 6.07) is 6.20. The maximum atomic E-state index is 12.6. The Bertz CT molecular complexity index is 720. The number of nitrogens with one attached hydrogen (secondary N) is 2. The van der Waals surface area contributed by atoms with Crippen LogP contribution in [0.2, 0.25) is 0 Å². The Morgan fingerprint density at radius 3 is 2.68 bits per heavy atom. The molecule has 4 nitrogen and oxygen atoms in total. The highest BCUT2D eigenvalue weighted by Crippen LogP contribution is 2.40. The number of amides is 1. The lowest BCUT2D eigenvalue weighted by Crippen LogP contribution is -2.30. The summed E-state index contributed by atoms with van der Waals surface area (Å²) in [6.45, 7) is 5.52. The number of fused-ring (bicyclic) bond motifs is 1. The van der Waals surface area contributed by atoms with E-state index in [0.717, 1.165) is 39.8 Å². The van der Waals surface area contributed by atoms with E-state index < -0.39 is 0 Å². The third kappa shape index (κ3) is 2.97. The van der Waals surface area contributed by atoms with E-state index in [9.17, 15) is 4.79 Å². The van der Waals surface area contributed by atoms with Crippen LogP contribution in [-0.2, 0) is 0 Å². The van der Waals surface area contributed by atoms with Crippen molar-refractivity contribution in [2.45, 2.75) is 32.6 Å². The SMILES string of the molecule is CNCCNC(=O)c1cc(C2CC2)nc2c(C)cc(C)cc12. The van der Waals surface area contributed by atoms with Gasteiger partial charge >= 0.3 is 0 Å². The van der Waals surface area contributed by atoms with Crippen LogP contribution in [0.1, 0.15) is 45.9 Å². The van der Waals surface area contributed by atoms with Crippen molar-refractivity contribution in [2.75, 3.05) is 20.1 Å². The number of hydrogen-bond acceptors (Lipinski definition) is 3. The first kappa shape index (κ1) is 15.0. The average molecular weight is 297 g/mol. The molecule has 0 spiro atoms. The van der Waals surface area contributed by atoms with E-state index in [1.807, 2.05) is 13.1 Å². The van der Waals surface area contributed by atoms with Crippen LogP contribution < -0.4 is 10.6 Å². The van der Waals surface area contributed by atoms with Crippen LogP contribution in [0.5, 0.6) is 0 Å². The topological polar surface area (TPSA) is 54.0 Å². The summed E-state index contributed by atoms with van der Waals surface area (Å²) in [5.41, 5.74) is 5.10. The van der Waals surface area contributed by atoms with Crippen LogP contribution in [0.25, 0.3) is 10.9 Å². The molecule has 1 aliphatic rings. The molecule has 4 heteroatoms. The quantitative estimate of drug-likeness (QED) is 0.834. The van der Waals surface area contributed by atoms with Crippen molar-refractivity contribution in [3.63, 3.8) is 0 Å². The minimum absolute atomic E-state index is 0.00505. The fourth-order valence-corrected chi connectivity index (χ4v) is 2.87. The molecule has 0 unspecified atom stereocenters. The van der Waals surface area contributed by atoms with Crippen LogP contribution >= 0.6 is 0 Å². The summed E-state index contributed by atoms with van der Waals surface area (Å²) in [5.74, 6) is 0.531. The van der Waals surface area contributed by atoms with E-state index >= 15 is 0 Å². The van der Waals surface area contributed by atoms with Gasteiger partial charge in [0.25, 0.3) is 5.91 Å². The molecule has 2 N–H and O–H groups in total. The van der Waals surface area contributed by atoms with Gasteiger partial charge in [-0.2, -0.15) is 0 Å². The van der Waals surface area contributed by atoms with Gasteiger partial charge in [-0.3, -0.25) is 9.78 Å². The minimum atomic E-state index is -0.00505. The monoisotopic (exact) mass is 297 g/mol. The first-order chi connectivity index (χ1) is 10.6. The van der Waals surface area contributed by atoms with Gasteiger partial charge in [-0.25, -0.2) is 0 Å². The molecular formula is C18H23N3O. The number of pyridine rings is 1. The summed E-state index contributed by atoms with van der Waals surface area (Å²) in [4.78, 5) is 17.4. The summed E-state index contributed by atoms with van der Waals surface area (Å²) < 4.78 is 0. The fourth-order valence-electron chi connectivity index (χ4n) is 2.87. The summed E-state index contributed by atoms with van der Waals surface area (Å²) in [5, 5.41) is 6.99. The summed E-state index contributed by atoms with van der Waals surface area (Å²) in [7, 11) is 1.88. The summed E-state index contributed by atoms with van der Waals surface area (Å²) in [6.07, 6.45) is 2.37. The Kier molecular flexibility index (Phi) is 4.12. The van der Waals surface area contributed by atoms with Crippen molar-refractivity contribution in [1.82, 2.24) is 15.6 Å². The first-order valence-corrected chi connectivity index (χ1v) is 7.95. The molecule has 0 radical (unpaired) electrons. The molecule has 1 saturated carbocycles. The van der Waals surface area contributed by atoms with E-state index in [1.165, 1.54) is 12.8 Å². The Labute approximate surface area is 131 Å². The van der Waals surface area contributed by atoms with Crippen molar-refractivity contribution in [3.8, 4) is 0 Å². The molecule has 0 aliphatic heterocycles. The summed E-state index contributed by atoms with van der Waals surface area (Å²) >= 11 is 0. The Balaban J connectivity index is 2.07. The first-order valence-electron chi connectivity index (χ1n) is 7.95. The number of likely N-dealkylation sites (N-methyl/N-ethyl adjacent to an activating group) is 1. The normalized spacial score (nSPS) is 14.3. The molecule has 0 bridgehead atoms. The number of aromatic nitrogens is 1. The number of carbonyl (C=O) groups is 1. The van der Waals surface area contributed by atoms with E-state index in [2.05, 4.69) is 36.6 Å². The maximum Gasteiger partial charge on any atom is 0.252 e. The minimum Gasteiger partial charge on any atom is -0.351 e. The van der Waals surface area contributed by atoms with E-state index in [-0.39, 0.29) is 5.91 Å². The fraction of sp³-hybridized carbons (Fsp3) is 0.444. The Hall–Kier alpha value is -1.94. The van der Waals surface area contributed by atoms with Gasteiger partial charge in [0.2, 0.25) is 0 Å². The van der Waals surface area contributed by atoms with Gasteiger partial charge < -0.3 is 10.6 Å². The van der Waals surface area contributed by atoms with Gasteiger partial charge in [-0.15, -0.1) is 0 Å². The second kappa shape index (κ2) is 6.05. The van der Waals surface area contributed by atoms with E-state index in [4.69, 9.17) is 4.98 Å². The molecule has 1 fully saturated rings. The predicted molar refractivity (Wildman–Crippen MR) is 89.5 cm³/mol. The van der Waals surface area contributed by atoms with Gasteiger partial charge in [-0.1, -0.05) is 11.6 Å². The number of carbonyl (C=O) groups excluding carboxylic acids is 1. The molecule has 1 heterocycles. The maximum absolute atomic E-state index is 12.6. The lowest BCUT2D eigenvalue weighted by Gasteiger charge is -2.12. The average Bonchev–Trinajstić information content (AvgIpc) is 3.31. The zero-order valence-corrected chi connectivity index (χ0v) is 13.5. The lowest BCUT2D eigenvalue weighted by molar-refractivity contribution is 0.0955. The van der Waals surface area contributed by atoms with Crippen LogP contribution in [0, 0.1) is 13.8 Å². The van der Waals surface area contributed by atoms with Gasteiger partial charge in [0.15, 0.2) is 0 Å². The Morgan fingerprint density at radius 2 is 2.00 bits per heavy atom. The number of nitrogens with zero attached hydrogens (tertiary/aromatic N) is 1. The van der Waals surface area contributed by atoms with E-state index in [1.54, 1.807) is 0 Å². The second-order valence-electron chi connectivity index (χ2n) is 6.21. The smallest absolute Gasteiger partial charge is 0.252 e. The molecule has 3 rings (SSSR count). The van der Waals surface area contributed by atoms with Crippen LogP contribution in [0.15, 0.2) is 18.2 Å². The molecule has 1 aliphatic carbocycles. The standard InChI is InChI=1S/C18H23N3O/c1-11-8-12(2)17-14(9-11)15(18(22)20-7-6-19-3)10-16(21-17)13-4-5-13/h8-10,13,19H,4-7H2,1-3H3,(H,20,22). The number of hydrogen-bond donors (Lipinski definition) is 2. The molecule has 116 valence electrons. The molecule has 0 atom stereocenters. The lowest BCUT2D eigenvalue weighted by atomic mass is 10.00.